The standard InChI is InChI=1S/C18H18N6O6/c19-16(26)15-12(6-24(23-15)7-14-28-3-4-29-14)21-17(27)13-9-30-18(22-13)10-1-2-20-11(5-10)8-25/h1-2,5-6,9,14,25H,3-4,7-8H2,(H2,19,26)(H,21,27). The third-order valence-corrected chi connectivity index (χ3v) is 4.23. The van der Waals surface area contributed by atoms with Crippen LogP contribution < -0.4 is 11.1 Å². The van der Waals surface area contributed by atoms with Gasteiger partial charge in [-0.1, -0.05) is 0 Å². The zero-order valence-electron chi connectivity index (χ0n) is 15.6. The van der Waals surface area contributed by atoms with Gasteiger partial charge < -0.3 is 30.0 Å². The Bertz CT molecular complexity index is 1070. The van der Waals surface area contributed by atoms with Crippen LogP contribution in [0.4, 0.5) is 5.69 Å². The molecule has 12 heteroatoms. The summed E-state index contributed by atoms with van der Waals surface area (Å²) in [6.45, 7) is 0.951. The number of aromatic nitrogens is 4. The highest BCUT2D eigenvalue weighted by Crippen LogP contribution is 2.21. The fourth-order valence-corrected chi connectivity index (χ4v) is 2.85. The van der Waals surface area contributed by atoms with Crippen LogP contribution in [0, 0.1) is 0 Å². The lowest BCUT2D eigenvalue weighted by Gasteiger charge is -2.07. The van der Waals surface area contributed by atoms with Gasteiger partial charge in [-0.3, -0.25) is 19.3 Å². The van der Waals surface area contributed by atoms with Crippen molar-refractivity contribution < 1.29 is 28.6 Å². The van der Waals surface area contributed by atoms with Crippen LogP contribution in [0.25, 0.3) is 11.5 Å². The Morgan fingerprint density at radius 3 is 2.87 bits per heavy atom. The van der Waals surface area contributed by atoms with Gasteiger partial charge in [0.1, 0.15) is 6.26 Å². The molecule has 1 aliphatic heterocycles. The predicted molar refractivity (Wildman–Crippen MR) is 100 cm³/mol. The van der Waals surface area contributed by atoms with Gasteiger partial charge in [-0.25, -0.2) is 4.98 Å². The Morgan fingerprint density at radius 2 is 2.13 bits per heavy atom. The number of oxazole rings is 1. The molecule has 0 atom stereocenters. The van der Waals surface area contributed by atoms with E-state index in [0.717, 1.165) is 0 Å². The fraction of sp³-hybridized carbons (Fsp3) is 0.278. The molecule has 0 unspecified atom stereocenters. The van der Waals surface area contributed by atoms with Crippen molar-refractivity contribution in [1.82, 2.24) is 19.7 Å². The number of carbonyl (C=O) groups is 2. The molecule has 1 saturated heterocycles. The molecule has 0 radical (unpaired) electrons. The van der Waals surface area contributed by atoms with Gasteiger partial charge >= 0.3 is 0 Å². The molecule has 156 valence electrons. The highest BCUT2D eigenvalue weighted by molar-refractivity contribution is 6.07. The van der Waals surface area contributed by atoms with Crippen molar-refractivity contribution in [2.24, 2.45) is 5.73 Å². The molecule has 0 aromatic carbocycles. The Morgan fingerprint density at radius 1 is 1.33 bits per heavy atom. The van der Waals surface area contributed by atoms with Crippen LogP contribution >= 0.6 is 0 Å². The first kappa shape index (κ1) is 19.7. The van der Waals surface area contributed by atoms with E-state index in [2.05, 4.69) is 20.4 Å². The van der Waals surface area contributed by atoms with Crippen molar-refractivity contribution in [3.8, 4) is 11.5 Å². The molecule has 0 saturated carbocycles. The summed E-state index contributed by atoms with van der Waals surface area (Å²) < 4.78 is 17.5. The van der Waals surface area contributed by atoms with Gasteiger partial charge in [-0.15, -0.1) is 0 Å². The van der Waals surface area contributed by atoms with Gasteiger partial charge in [0.2, 0.25) is 5.89 Å². The molecule has 1 aliphatic rings. The molecule has 4 N–H and O–H groups in total. The Kier molecular flexibility index (Phi) is 5.52. The minimum atomic E-state index is -0.800. The first-order valence-corrected chi connectivity index (χ1v) is 8.97. The summed E-state index contributed by atoms with van der Waals surface area (Å²) in [7, 11) is 0. The van der Waals surface area contributed by atoms with E-state index in [1.54, 1.807) is 12.1 Å². The highest BCUT2D eigenvalue weighted by Gasteiger charge is 2.22. The lowest BCUT2D eigenvalue weighted by atomic mass is 10.2. The van der Waals surface area contributed by atoms with Crippen molar-refractivity contribution in [2.75, 3.05) is 18.5 Å². The number of rotatable bonds is 7. The normalized spacial score (nSPS) is 14.2. The van der Waals surface area contributed by atoms with Crippen LogP contribution in [0.15, 0.2) is 35.2 Å². The molecule has 0 aliphatic carbocycles. The summed E-state index contributed by atoms with van der Waals surface area (Å²) in [6.07, 6.45) is 3.64. The Labute approximate surface area is 169 Å². The van der Waals surface area contributed by atoms with Gasteiger partial charge in [0, 0.05) is 18.0 Å². The summed E-state index contributed by atoms with van der Waals surface area (Å²) in [5, 5.41) is 15.8. The number of primary amides is 1. The lowest BCUT2D eigenvalue weighted by Crippen LogP contribution is -2.19. The molecule has 0 spiro atoms. The van der Waals surface area contributed by atoms with Crippen LogP contribution in [-0.2, 0) is 22.6 Å². The first-order chi connectivity index (χ1) is 14.5. The molecule has 4 rings (SSSR count). The first-order valence-electron chi connectivity index (χ1n) is 8.97. The van der Waals surface area contributed by atoms with E-state index in [0.29, 0.717) is 24.5 Å². The third-order valence-electron chi connectivity index (χ3n) is 4.23. The quantitative estimate of drug-likeness (QED) is 0.487. The molecule has 3 aromatic rings. The monoisotopic (exact) mass is 414 g/mol. The van der Waals surface area contributed by atoms with Crippen LogP contribution in [-0.4, -0.2) is 56.2 Å². The number of ether oxygens (including phenoxy) is 2. The SMILES string of the molecule is NC(=O)c1nn(CC2OCCO2)cc1NC(=O)c1coc(-c2ccnc(CO)c2)n1. The predicted octanol–water partition coefficient (Wildman–Crippen LogP) is 0.149. The van der Waals surface area contributed by atoms with E-state index in [1.165, 1.54) is 23.3 Å². The molecule has 2 amide bonds. The number of hydrogen-bond acceptors (Lipinski definition) is 9. The van der Waals surface area contributed by atoms with E-state index in [-0.39, 0.29) is 36.1 Å². The van der Waals surface area contributed by atoms with E-state index < -0.39 is 18.1 Å². The van der Waals surface area contributed by atoms with Crippen LogP contribution in [0.5, 0.6) is 0 Å². The average Bonchev–Trinajstić information content (AvgIpc) is 3.49. The van der Waals surface area contributed by atoms with E-state index in [4.69, 9.17) is 19.6 Å². The molecule has 4 heterocycles. The number of nitrogens with zero attached hydrogens (tertiary/aromatic N) is 4. The minimum absolute atomic E-state index is 0.0157. The second-order valence-electron chi connectivity index (χ2n) is 6.33. The molecule has 12 nitrogen and oxygen atoms in total. The van der Waals surface area contributed by atoms with Crippen molar-refractivity contribution in [2.45, 2.75) is 19.4 Å². The van der Waals surface area contributed by atoms with Gasteiger partial charge in [0.25, 0.3) is 11.8 Å². The van der Waals surface area contributed by atoms with E-state index in [9.17, 15) is 14.7 Å². The highest BCUT2D eigenvalue weighted by atomic mass is 16.7. The zero-order chi connectivity index (χ0) is 21.1. The van der Waals surface area contributed by atoms with Gasteiger partial charge in [0.15, 0.2) is 17.7 Å². The number of nitrogens with two attached hydrogens (primary N) is 1. The largest absolute Gasteiger partial charge is 0.444 e. The molecule has 0 bridgehead atoms. The number of hydrogen-bond donors (Lipinski definition) is 3. The summed E-state index contributed by atoms with van der Waals surface area (Å²) >= 11 is 0. The van der Waals surface area contributed by atoms with Gasteiger partial charge in [-0.2, -0.15) is 5.10 Å². The maximum absolute atomic E-state index is 12.6. The number of pyridine rings is 1. The van der Waals surface area contributed by atoms with Crippen molar-refractivity contribution in [3.63, 3.8) is 0 Å². The third kappa shape index (κ3) is 4.20. The average molecular weight is 414 g/mol. The minimum Gasteiger partial charge on any atom is -0.444 e. The van der Waals surface area contributed by atoms with Crippen LogP contribution in [0.3, 0.4) is 0 Å². The smallest absolute Gasteiger partial charge is 0.277 e. The Balaban J connectivity index is 1.51. The summed E-state index contributed by atoms with van der Waals surface area (Å²) in [5.41, 5.74) is 6.36. The topological polar surface area (TPSA) is 168 Å². The number of carbonyl (C=O) groups excluding carboxylic acids is 2. The number of aliphatic hydroxyl groups excluding tert-OH is 1. The number of aliphatic hydroxyl groups is 1. The van der Waals surface area contributed by atoms with Gasteiger partial charge in [-0.05, 0) is 12.1 Å². The molecule has 3 aromatic heterocycles. The molecule has 30 heavy (non-hydrogen) atoms. The molecular weight excluding hydrogens is 396 g/mol. The second kappa shape index (κ2) is 8.41. The lowest BCUT2D eigenvalue weighted by molar-refractivity contribution is -0.0545. The van der Waals surface area contributed by atoms with E-state index >= 15 is 0 Å². The zero-order valence-corrected chi connectivity index (χ0v) is 15.6. The van der Waals surface area contributed by atoms with Crippen molar-refractivity contribution >= 4 is 17.5 Å². The van der Waals surface area contributed by atoms with Gasteiger partial charge in [0.05, 0.1) is 37.7 Å². The van der Waals surface area contributed by atoms with Crippen LogP contribution in [0.2, 0.25) is 0 Å². The second-order valence-corrected chi connectivity index (χ2v) is 6.33. The van der Waals surface area contributed by atoms with Crippen molar-refractivity contribution in [3.05, 3.63) is 47.9 Å². The maximum Gasteiger partial charge on any atom is 0.277 e. The fourth-order valence-electron chi connectivity index (χ4n) is 2.85. The molecular formula is C18H18N6O6. The Hall–Kier alpha value is -3.61. The summed E-state index contributed by atoms with van der Waals surface area (Å²) in [5.74, 6) is -1.23. The van der Waals surface area contributed by atoms with E-state index in [1.807, 2.05) is 0 Å². The van der Waals surface area contributed by atoms with Crippen LogP contribution in [0.1, 0.15) is 26.7 Å². The maximum atomic E-state index is 12.6. The number of anilines is 1. The number of amides is 2. The summed E-state index contributed by atoms with van der Waals surface area (Å²) in [4.78, 5) is 32.4. The van der Waals surface area contributed by atoms with Crippen molar-refractivity contribution in [1.29, 1.82) is 0 Å². The number of nitrogens with one attached hydrogen (secondary N) is 1. The summed E-state index contributed by atoms with van der Waals surface area (Å²) in [6, 6.07) is 3.23. The molecule has 1 fully saturated rings.